The number of nitrogens with one attached hydrogen (secondary N) is 2. The van der Waals surface area contributed by atoms with Crippen LogP contribution in [0.4, 0.5) is 0 Å². The fraction of sp³-hybridized carbons (Fsp3) is 0.412. The summed E-state index contributed by atoms with van der Waals surface area (Å²) in [5, 5.41) is 13.7. The minimum Gasteiger partial charge on any atom is -0.480 e. The summed E-state index contributed by atoms with van der Waals surface area (Å²) < 4.78 is 5.71. The van der Waals surface area contributed by atoms with E-state index in [-0.39, 0.29) is 30.1 Å². The van der Waals surface area contributed by atoms with Crippen LogP contribution in [0.5, 0.6) is 0 Å². The van der Waals surface area contributed by atoms with Gasteiger partial charge in [-0.25, -0.2) is 0 Å². The predicted molar refractivity (Wildman–Crippen MR) is 105 cm³/mol. The molecule has 0 aliphatic rings. The number of alkyl halides is 1. The number of halogens is 1. The van der Waals surface area contributed by atoms with Crippen molar-refractivity contribution in [2.24, 2.45) is 0 Å². The average molecular weight is 491 g/mol. The van der Waals surface area contributed by atoms with E-state index in [9.17, 15) is 19.2 Å². The molecule has 1 aromatic rings. The van der Waals surface area contributed by atoms with Gasteiger partial charge in [-0.1, -0.05) is 52.9 Å². The molecule has 0 saturated carbocycles. The lowest BCUT2D eigenvalue weighted by Crippen LogP contribution is -2.52. The Bertz CT molecular complexity index is 655. The molecule has 0 aliphatic heterocycles. The van der Waals surface area contributed by atoms with E-state index >= 15 is 0 Å². The van der Waals surface area contributed by atoms with Gasteiger partial charge in [0.2, 0.25) is 17.7 Å². The van der Waals surface area contributed by atoms with Crippen molar-refractivity contribution in [2.45, 2.75) is 12.6 Å². The van der Waals surface area contributed by atoms with Crippen molar-refractivity contribution in [1.82, 2.24) is 15.5 Å². The number of carboxylic acids is 1. The number of ether oxygens (including phenoxy) is 1. The highest BCUT2D eigenvalue weighted by atomic mass is 127. The molecule has 0 spiro atoms. The molecule has 0 bridgehead atoms. The van der Waals surface area contributed by atoms with Crippen LogP contribution >= 0.6 is 22.6 Å². The maximum absolute atomic E-state index is 12.4. The Hall–Kier alpha value is -2.21. The summed E-state index contributed by atoms with van der Waals surface area (Å²) in [4.78, 5) is 47.4. The maximum atomic E-state index is 12.4. The molecule has 1 unspecified atom stereocenters. The van der Waals surface area contributed by atoms with Crippen LogP contribution in [-0.2, 0) is 30.5 Å². The molecule has 0 heterocycles. The first-order chi connectivity index (χ1) is 12.8. The minimum absolute atomic E-state index is 0.135. The Labute approximate surface area is 170 Å². The number of carbonyl (C=O) groups excluding carboxylic acids is 3. The molecule has 0 radical (unpaired) electrons. The number of carboxylic acid groups (broad SMARTS) is 1. The van der Waals surface area contributed by atoms with Crippen molar-refractivity contribution in [3.63, 3.8) is 0 Å². The third-order valence-electron chi connectivity index (χ3n) is 3.35. The van der Waals surface area contributed by atoms with Gasteiger partial charge in [-0.15, -0.1) is 0 Å². The second-order valence-electron chi connectivity index (χ2n) is 5.62. The fourth-order valence-corrected chi connectivity index (χ4v) is 2.33. The van der Waals surface area contributed by atoms with E-state index in [0.29, 0.717) is 0 Å². The normalized spacial score (nSPS) is 11.3. The topological polar surface area (TPSA) is 125 Å². The van der Waals surface area contributed by atoms with Crippen LogP contribution in [0, 0.1) is 0 Å². The van der Waals surface area contributed by atoms with Gasteiger partial charge in [0.1, 0.15) is 12.6 Å². The summed E-state index contributed by atoms with van der Waals surface area (Å²) in [7, 11) is 1.32. The third kappa shape index (κ3) is 9.33. The van der Waals surface area contributed by atoms with E-state index in [1.807, 2.05) is 52.9 Å². The lowest BCUT2D eigenvalue weighted by atomic mass is 10.2. The van der Waals surface area contributed by atoms with Crippen molar-refractivity contribution in [3.05, 3.63) is 35.9 Å². The zero-order chi connectivity index (χ0) is 20.2. The summed E-state index contributed by atoms with van der Waals surface area (Å²) in [6.07, 6.45) is 0. The number of benzene rings is 1. The van der Waals surface area contributed by atoms with Gasteiger partial charge in [-0.3, -0.25) is 19.2 Å². The summed E-state index contributed by atoms with van der Waals surface area (Å²) in [5.41, 5.74) is 0.892. The monoisotopic (exact) mass is 491 g/mol. The van der Waals surface area contributed by atoms with Crippen molar-refractivity contribution in [3.8, 4) is 0 Å². The number of likely N-dealkylation sites (N-methyl/N-ethyl adjacent to an activating group) is 1. The molecule has 1 rings (SSSR count). The Kier molecular flexibility index (Phi) is 10.3. The van der Waals surface area contributed by atoms with Gasteiger partial charge >= 0.3 is 5.97 Å². The zero-order valence-electron chi connectivity index (χ0n) is 14.8. The van der Waals surface area contributed by atoms with E-state index in [1.54, 1.807) is 0 Å². The first-order valence-electron chi connectivity index (χ1n) is 8.04. The number of carbonyl (C=O) groups is 4. The van der Waals surface area contributed by atoms with Crippen LogP contribution in [0.2, 0.25) is 0 Å². The molecule has 3 N–H and O–H groups in total. The largest absolute Gasteiger partial charge is 0.480 e. The lowest BCUT2D eigenvalue weighted by molar-refractivity contribution is -0.145. The molecule has 10 heteroatoms. The summed E-state index contributed by atoms with van der Waals surface area (Å²) in [6, 6.07) is 8.19. The molecule has 148 valence electrons. The van der Waals surface area contributed by atoms with Crippen molar-refractivity contribution >= 4 is 46.3 Å². The SMILES string of the molecule is CN(CC(=O)O)C(=O)C(COCc1ccccc1)NC(=O)CNC(=O)CI. The molecule has 9 nitrogen and oxygen atoms in total. The van der Waals surface area contributed by atoms with Crippen LogP contribution in [0.3, 0.4) is 0 Å². The Morgan fingerprint density at radius 1 is 1.19 bits per heavy atom. The zero-order valence-corrected chi connectivity index (χ0v) is 17.0. The van der Waals surface area contributed by atoms with Crippen LogP contribution in [0.1, 0.15) is 5.56 Å². The second kappa shape index (κ2) is 12.2. The molecule has 0 aromatic heterocycles. The Morgan fingerprint density at radius 2 is 1.85 bits per heavy atom. The van der Waals surface area contributed by atoms with Crippen molar-refractivity contribution in [1.29, 1.82) is 0 Å². The number of nitrogens with zero attached hydrogens (tertiary/aromatic N) is 1. The van der Waals surface area contributed by atoms with Crippen LogP contribution in [0.25, 0.3) is 0 Å². The lowest BCUT2D eigenvalue weighted by Gasteiger charge is -2.23. The first-order valence-corrected chi connectivity index (χ1v) is 9.56. The number of hydrogen-bond acceptors (Lipinski definition) is 5. The number of aliphatic carboxylic acids is 1. The van der Waals surface area contributed by atoms with Crippen molar-refractivity contribution in [2.75, 3.05) is 31.2 Å². The molecule has 0 aliphatic carbocycles. The maximum Gasteiger partial charge on any atom is 0.323 e. The van der Waals surface area contributed by atoms with E-state index < -0.39 is 30.4 Å². The molecule has 1 aromatic carbocycles. The van der Waals surface area contributed by atoms with Crippen LogP contribution < -0.4 is 10.6 Å². The second-order valence-corrected chi connectivity index (χ2v) is 6.38. The molecule has 27 heavy (non-hydrogen) atoms. The number of rotatable bonds is 11. The summed E-state index contributed by atoms with van der Waals surface area (Å²) >= 11 is 1.86. The van der Waals surface area contributed by atoms with Gasteiger partial charge in [0.05, 0.1) is 24.2 Å². The highest BCUT2D eigenvalue weighted by Crippen LogP contribution is 2.02. The van der Waals surface area contributed by atoms with Crippen LogP contribution in [-0.4, -0.2) is 70.9 Å². The minimum atomic E-state index is -1.17. The summed E-state index contributed by atoms with van der Waals surface area (Å²) in [5.74, 6) is -2.65. The quantitative estimate of drug-likeness (QED) is 0.291. The average Bonchev–Trinajstić information content (AvgIpc) is 2.64. The number of amides is 3. The molecular formula is C17H22IN3O6. The molecule has 1 atom stereocenters. The highest BCUT2D eigenvalue weighted by molar-refractivity contribution is 14.1. The molecular weight excluding hydrogens is 469 g/mol. The van der Waals surface area contributed by atoms with Crippen LogP contribution in [0.15, 0.2) is 30.3 Å². The Morgan fingerprint density at radius 3 is 2.44 bits per heavy atom. The van der Waals surface area contributed by atoms with E-state index in [1.165, 1.54) is 7.05 Å². The standard InChI is InChI=1S/C17H22IN3O6/c1-21(9-16(24)25)17(26)13(20-15(23)8-19-14(22)7-18)11-27-10-12-5-3-2-4-6-12/h2-6,13H,7-11H2,1H3,(H,19,22)(H,20,23)(H,24,25). The first kappa shape index (κ1) is 22.8. The van der Waals surface area contributed by atoms with Gasteiger partial charge in [0.15, 0.2) is 0 Å². The molecule has 3 amide bonds. The van der Waals surface area contributed by atoms with Gasteiger partial charge in [-0.05, 0) is 5.56 Å². The molecule has 0 saturated heterocycles. The van der Waals surface area contributed by atoms with Gasteiger partial charge in [0.25, 0.3) is 0 Å². The highest BCUT2D eigenvalue weighted by Gasteiger charge is 2.25. The smallest absolute Gasteiger partial charge is 0.323 e. The third-order valence-corrected chi connectivity index (χ3v) is 4.04. The predicted octanol–water partition coefficient (Wildman–Crippen LogP) is -0.218. The number of hydrogen-bond donors (Lipinski definition) is 3. The van der Waals surface area contributed by atoms with E-state index in [2.05, 4.69) is 10.6 Å². The van der Waals surface area contributed by atoms with Gasteiger partial charge < -0.3 is 25.4 Å². The van der Waals surface area contributed by atoms with Crippen molar-refractivity contribution < 1.29 is 29.0 Å². The van der Waals surface area contributed by atoms with E-state index in [4.69, 9.17) is 9.84 Å². The fourth-order valence-electron chi connectivity index (χ4n) is 2.06. The van der Waals surface area contributed by atoms with E-state index in [0.717, 1.165) is 10.5 Å². The Balaban J connectivity index is 2.66. The molecule has 0 fully saturated rings. The van der Waals surface area contributed by atoms with Gasteiger partial charge in [-0.2, -0.15) is 0 Å². The van der Waals surface area contributed by atoms with Gasteiger partial charge in [0, 0.05) is 7.05 Å². The summed E-state index contributed by atoms with van der Waals surface area (Å²) in [6.45, 7) is -0.694.